The average Bonchev–Trinajstić information content (AvgIpc) is 2.93. The lowest BCUT2D eigenvalue weighted by Crippen LogP contribution is -2.34. The van der Waals surface area contributed by atoms with Crippen molar-refractivity contribution in [1.29, 1.82) is 0 Å². The van der Waals surface area contributed by atoms with Crippen molar-refractivity contribution in [3.8, 4) is 0 Å². The van der Waals surface area contributed by atoms with Crippen LogP contribution in [-0.4, -0.2) is 19.9 Å². The highest BCUT2D eigenvalue weighted by atomic mass is 35.5. The van der Waals surface area contributed by atoms with Crippen LogP contribution in [-0.2, 0) is 10.0 Å². The second kappa shape index (κ2) is 4.43. The number of hydrogen-bond acceptors (Lipinski definition) is 3. The zero-order chi connectivity index (χ0) is 14.4. The summed E-state index contributed by atoms with van der Waals surface area (Å²) >= 11 is 5.76. The Kier molecular flexibility index (Phi) is 3.32. The second-order valence-electron chi connectivity index (χ2n) is 4.82. The zero-order valence-corrected chi connectivity index (χ0v) is 11.6. The molecule has 1 amide bonds. The molecule has 1 aromatic carbocycles. The van der Waals surface area contributed by atoms with Gasteiger partial charge in [0.25, 0.3) is 5.91 Å². The molecule has 8 heteroatoms. The van der Waals surface area contributed by atoms with Gasteiger partial charge in [0, 0.05) is 5.54 Å². The number of amides is 1. The van der Waals surface area contributed by atoms with E-state index in [1.807, 2.05) is 6.92 Å². The summed E-state index contributed by atoms with van der Waals surface area (Å²) in [7, 11) is -4.25. The fraction of sp³-hybridized carbons (Fsp3) is 0.364. The molecule has 19 heavy (non-hydrogen) atoms. The highest BCUT2D eigenvalue weighted by molar-refractivity contribution is 7.89. The van der Waals surface area contributed by atoms with Crippen LogP contribution in [0.1, 0.15) is 30.1 Å². The minimum Gasteiger partial charge on any atom is -0.347 e. The highest BCUT2D eigenvalue weighted by Crippen LogP contribution is 2.35. The zero-order valence-electron chi connectivity index (χ0n) is 10.0. The number of benzene rings is 1. The van der Waals surface area contributed by atoms with E-state index < -0.39 is 26.6 Å². The van der Waals surface area contributed by atoms with Gasteiger partial charge in [0.15, 0.2) is 0 Å². The molecule has 2 rings (SSSR count). The number of rotatable bonds is 3. The third-order valence-electron chi connectivity index (χ3n) is 2.99. The van der Waals surface area contributed by atoms with Crippen molar-refractivity contribution in [1.82, 2.24) is 5.32 Å². The molecule has 5 nitrogen and oxygen atoms in total. The molecule has 1 aliphatic carbocycles. The predicted molar refractivity (Wildman–Crippen MR) is 67.9 cm³/mol. The molecule has 0 spiro atoms. The molecule has 0 unspecified atom stereocenters. The Morgan fingerprint density at radius 2 is 2.05 bits per heavy atom. The molecule has 1 saturated carbocycles. The number of nitrogens with one attached hydrogen (secondary N) is 1. The molecule has 0 atom stereocenters. The summed E-state index contributed by atoms with van der Waals surface area (Å²) in [5.41, 5.74) is -0.406. The first-order chi connectivity index (χ1) is 8.62. The largest absolute Gasteiger partial charge is 0.347 e. The topological polar surface area (TPSA) is 89.3 Å². The quantitative estimate of drug-likeness (QED) is 0.884. The number of hydrogen-bond donors (Lipinski definition) is 2. The van der Waals surface area contributed by atoms with E-state index in [0.717, 1.165) is 25.0 Å². The van der Waals surface area contributed by atoms with E-state index in [9.17, 15) is 17.6 Å². The van der Waals surface area contributed by atoms with Crippen LogP contribution in [0, 0.1) is 5.82 Å². The lowest BCUT2D eigenvalue weighted by Gasteiger charge is -2.13. The third-order valence-corrected chi connectivity index (χ3v) is 4.23. The van der Waals surface area contributed by atoms with Gasteiger partial charge >= 0.3 is 0 Å². The van der Waals surface area contributed by atoms with Crippen molar-refractivity contribution in [2.75, 3.05) is 0 Å². The molecule has 1 aliphatic rings. The SMILES string of the molecule is CC1(NC(=O)c2cc(S(N)(=O)=O)c(F)cc2Cl)CC1. The Hall–Kier alpha value is -1.18. The van der Waals surface area contributed by atoms with Crippen LogP contribution in [0.5, 0.6) is 0 Å². The Labute approximate surface area is 115 Å². The number of primary sulfonamides is 1. The van der Waals surface area contributed by atoms with Gasteiger partial charge in [0.05, 0.1) is 10.6 Å². The maximum atomic E-state index is 13.5. The van der Waals surface area contributed by atoms with E-state index in [4.69, 9.17) is 16.7 Å². The number of nitrogens with two attached hydrogens (primary N) is 1. The number of sulfonamides is 1. The minimum atomic E-state index is -4.25. The van der Waals surface area contributed by atoms with Crippen LogP contribution < -0.4 is 10.5 Å². The molecule has 1 aromatic rings. The summed E-state index contributed by atoms with van der Waals surface area (Å²) in [6, 6.07) is 1.62. The Balaban J connectivity index is 2.43. The van der Waals surface area contributed by atoms with Gasteiger partial charge in [0.1, 0.15) is 10.7 Å². The molecule has 0 heterocycles. The fourth-order valence-electron chi connectivity index (χ4n) is 1.58. The molecule has 1 fully saturated rings. The predicted octanol–water partition coefficient (Wildman–Crippen LogP) is 1.41. The van der Waals surface area contributed by atoms with E-state index in [1.54, 1.807) is 0 Å². The third kappa shape index (κ3) is 3.05. The van der Waals surface area contributed by atoms with E-state index >= 15 is 0 Å². The van der Waals surface area contributed by atoms with Crippen molar-refractivity contribution in [3.63, 3.8) is 0 Å². The van der Waals surface area contributed by atoms with Crippen molar-refractivity contribution >= 4 is 27.5 Å². The number of carbonyl (C=O) groups excluding carboxylic acids is 1. The summed E-state index contributed by atoms with van der Waals surface area (Å²) in [5, 5.41) is 7.42. The molecular weight excluding hydrogens is 295 g/mol. The van der Waals surface area contributed by atoms with Crippen LogP contribution in [0.25, 0.3) is 0 Å². The second-order valence-corrected chi connectivity index (χ2v) is 6.76. The lowest BCUT2D eigenvalue weighted by atomic mass is 10.2. The summed E-state index contributed by atoms with van der Waals surface area (Å²) in [4.78, 5) is 11.2. The van der Waals surface area contributed by atoms with Gasteiger partial charge in [-0.3, -0.25) is 4.79 Å². The molecule has 0 radical (unpaired) electrons. The van der Waals surface area contributed by atoms with Crippen LogP contribution in [0.4, 0.5) is 4.39 Å². The first-order valence-corrected chi connectivity index (χ1v) is 7.39. The van der Waals surface area contributed by atoms with Crippen molar-refractivity contribution in [2.24, 2.45) is 5.14 Å². The Morgan fingerprint density at radius 3 is 2.53 bits per heavy atom. The normalized spacial score (nSPS) is 17.1. The summed E-state index contributed by atoms with van der Waals surface area (Å²) < 4.78 is 35.9. The molecule has 0 aliphatic heterocycles. The molecule has 3 N–H and O–H groups in total. The first kappa shape index (κ1) is 14.2. The summed E-state index contributed by atoms with van der Waals surface area (Å²) in [6.45, 7) is 1.85. The van der Waals surface area contributed by atoms with Crippen LogP contribution >= 0.6 is 11.6 Å². The van der Waals surface area contributed by atoms with Crippen LogP contribution in [0.2, 0.25) is 5.02 Å². The van der Waals surface area contributed by atoms with Gasteiger partial charge in [-0.2, -0.15) is 0 Å². The Bertz CT molecular complexity index is 656. The molecule has 0 aromatic heterocycles. The van der Waals surface area contributed by atoms with Crippen LogP contribution in [0.3, 0.4) is 0 Å². The van der Waals surface area contributed by atoms with Crippen molar-refractivity contribution in [3.05, 3.63) is 28.5 Å². The molecular formula is C11H12ClFN2O3S. The monoisotopic (exact) mass is 306 g/mol. The first-order valence-electron chi connectivity index (χ1n) is 5.47. The lowest BCUT2D eigenvalue weighted by molar-refractivity contribution is 0.0935. The number of carbonyl (C=O) groups is 1. The Morgan fingerprint density at radius 1 is 1.47 bits per heavy atom. The molecule has 0 bridgehead atoms. The van der Waals surface area contributed by atoms with Gasteiger partial charge in [-0.1, -0.05) is 11.6 Å². The highest BCUT2D eigenvalue weighted by Gasteiger charge is 2.39. The van der Waals surface area contributed by atoms with Crippen LogP contribution in [0.15, 0.2) is 17.0 Å². The molecule has 0 saturated heterocycles. The van der Waals surface area contributed by atoms with E-state index in [-0.39, 0.29) is 16.1 Å². The van der Waals surface area contributed by atoms with Gasteiger partial charge in [0.2, 0.25) is 10.0 Å². The van der Waals surface area contributed by atoms with E-state index in [0.29, 0.717) is 0 Å². The smallest absolute Gasteiger partial charge is 0.253 e. The summed E-state index contributed by atoms with van der Waals surface area (Å²) in [5.74, 6) is -1.63. The van der Waals surface area contributed by atoms with E-state index in [1.165, 1.54) is 0 Å². The summed E-state index contributed by atoms with van der Waals surface area (Å²) in [6.07, 6.45) is 1.67. The van der Waals surface area contributed by atoms with Gasteiger partial charge in [-0.05, 0) is 31.9 Å². The average molecular weight is 307 g/mol. The van der Waals surface area contributed by atoms with E-state index in [2.05, 4.69) is 5.32 Å². The standard InChI is InChI=1S/C11H12ClFN2O3S/c1-11(2-3-11)15-10(16)6-4-9(19(14,17)18)8(13)5-7(6)12/h4-5H,2-3H2,1H3,(H,15,16)(H2,14,17,18). The number of halogens is 2. The van der Waals surface area contributed by atoms with Gasteiger partial charge in [-0.15, -0.1) is 0 Å². The van der Waals surface area contributed by atoms with Gasteiger partial charge < -0.3 is 5.32 Å². The van der Waals surface area contributed by atoms with Crippen molar-refractivity contribution in [2.45, 2.75) is 30.2 Å². The van der Waals surface area contributed by atoms with Gasteiger partial charge in [-0.25, -0.2) is 17.9 Å². The maximum absolute atomic E-state index is 13.5. The maximum Gasteiger partial charge on any atom is 0.253 e. The van der Waals surface area contributed by atoms with Crippen molar-refractivity contribution < 1.29 is 17.6 Å². The minimum absolute atomic E-state index is 0.111. The fourth-order valence-corrected chi connectivity index (χ4v) is 2.42. The molecule has 104 valence electrons.